The predicted molar refractivity (Wildman–Crippen MR) is 238 cm³/mol. The summed E-state index contributed by atoms with van der Waals surface area (Å²) in [6, 6.07) is 8.41. The third kappa shape index (κ3) is 8.92. The maximum absolute atomic E-state index is 7.30. The van der Waals surface area contributed by atoms with Gasteiger partial charge in [-0.2, -0.15) is 0 Å². The molecule has 1 saturated heterocycles. The summed E-state index contributed by atoms with van der Waals surface area (Å²) in [7, 11) is 17.3. The maximum Gasteiger partial charge on any atom is 0.704 e. The normalized spacial score (nSPS) is 18.5. The van der Waals surface area contributed by atoms with E-state index in [9.17, 15) is 0 Å². The van der Waals surface area contributed by atoms with Gasteiger partial charge in [0.1, 0.15) is 0 Å². The van der Waals surface area contributed by atoms with E-state index in [1.165, 1.54) is 28.5 Å². The fourth-order valence-electron chi connectivity index (χ4n) is 9.68. The Morgan fingerprint density at radius 2 is 1.35 bits per heavy atom. The zero-order valence-electron chi connectivity index (χ0n) is 39.5. The van der Waals surface area contributed by atoms with Gasteiger partial charge in [-0.15, -0.1) is 0 Å². The van der Waals surface area contributed by atoms with Gasteiger partial charge in [0, 0.05) is 19.4 Å². The Hall–Kier alpha value is -3.88. The molecule has 3 aliphatic rings. The summed E-state index contributed by atoms with van der Waals surface area (Å²) in [6.07, 6.45) is 9.10. The summed E-state index contributed by atoms with van der Waals surface area (Å²) in [6.45, 7) is 27.9. The molecule has 2 unspecified atom stereocenters. The Balaban J connectivity index is 1.52. The lowest BCUT2D eigenvalue weighted by atomic mass is 9.79. The van der Waals surface area contributed by atoms with Gasteiger partial charge in [0.2, 0.25) is 17.9 Å². The van der Waals surface area contributed by atoms with Gasteiger partial charge < -0.3 is 9.47 Å². The average molecular weight is 786 g/mol. The SMILES string of the molecule is Cc1cc(C(CCCN(C)C(C(C)C)=[N+](C)C)CCCN(C)C(N(C)C)=[N+](C)C)cc2c1OC13Oc4c(cc(C(C)(C)C)cc4C(C)(C)C)C=[N+]1C(C)(C)C[N+]3=C2. The highest BCUT2D eigenvalue weighted by Gasteiger charge is 2.75. The lowest BCUT2D eigenvalue weighted by Crippen LogP contribution is -2.61. The number of nitrogens with zero attached hydrogens (tertiary/aromatic N) is 7. The molecule has 0 radical (unpaired) electrons. The highest BCUT2D eigenvalue weighted by Crippen LogP contribution is 2.47. The minimum atomic E-state index is -1.10. The van der Waals surface area contributed by atoms with Crippen molar-refractivity contribution in [2.24, 2.45) is 5.92 Å². The van der Waals surface area contributed by atoms with Crippen LogP contribution in [-0.4, -0.2) is 145 Å². The summed E-state index contributed by atoms with van der Waals surface area (Å²) in [5, 5.41) is 0. The molecule has 2 atom stereocenters. The fourth-order valence-corrected chi connectivity index (χ4v) is 9.68. The van der Waals surface area contributed by atoms with Crippen molar-refractivity contribution in [3.8, 4) is 11.5 Å². The second kappa shape index (κ2) is 16.1. The molecule has 3 heterocycles. The average Bonchev–Trinajstić information content (AvgIpc) is 3.28. The van der Waals surface area contributed by atoms with Crippen LogP contribution in [0, 0.1) is 12.8 Å². The molecule has 0 N–H and O–H groups in total. The summed E-state index contributed by atoms with van der Waals surface area (Å²) in [4.78, 5) is 7.05. The molecule has 0 saturated carbocycles. The molecule has 9 nitrogen and oxygen atoms in total. The topological polar surface area (TPSA) is 40.2 Å². The first-order chi connectivity index (χ1) is 26.3. The van der Waals surface area contributed by atoms with E-state index >= 15 is 0 Å². The van der Waals surface area contributed by atoms with Gasteiger partial charge in [0.05, 0.1) is 86.5 Å². The van der Waals surface area contributed by atoms with Crippen LogP contribution in [0.2, 0.25) is 0 Å². The number of ether oxygens (including phenoxy) is 2. The molecular formula is C48H79N7O2+4. The Bertz CT molecular complexity index is 1920. The fraction of sp³-hybridized carbons (Fsp3) is 0.667. The van der Waals surface area contributed by atoms with E-state index in [2.05, 4.69) is 202 Å². The van der Waals surface area contributed by atoms with Crippen LogP contribution >= 0.6 is 0 Å². The summed E-state index contributed by atoms with van der Waals surface area (Å²) >= 11 is 0. The van der Waals surface area contributed by atoms with Crippen LogP contribution < -0.4 is 9.47 Å². The standard InChI is InChI=1S/C48H79N7O2/c1-33(2)43(49(12)13)52(18)24-20-22-35(23-21-25-53(19)44(50(14)15)51(16)17)36-26-34(3)41-37(27-36)30-54-32-47(10,11)55-31-38-28-39(45(4,5)6)29-40(46(7,8)9)42(38)57-48(54,55)56-41/h26-31,33,35H,20-25,32H2,1-19H3/q+4. The van der Waals surface area contributed by atoms with Crippen LogP contribution in [-0.2, 0) is 10.8 Å². The van der Waals surface area contributed by atoms with Crippen LogP contribution in [0.3, 0.4) is 0 Å². The van der Waals surface area contributed by atoms with Crippen molar-refractivity contribution in [3.05, 3.63) is 57.6 Å². The van der Waals surface area contributed by atoms with Crippen LogP contribution in [0.5, 0.6) is 11.5 Å². The van der Waals surface area contributed by atoms with Crippen molar-refractivity contribution in [1.82, 2.24) is 14.7 Å². The van der Waals surface area contributed by atoms with Gasteiger partial charge in [-0.05, 0) is 78.2 Å². The zero-order valence-corrected chi connectivity index (χ0v) is 39.5. The third-order valence-corrected chi connectivity index (χ3v) is 12.1. The molecule has 57 heavy (non-hydrogen) atoms. The molecule has 0 aliphatic carbocycles. The van der Waals surface area contributed by atoms with E-state index < -0.39 is 6.03 Å². The van der Waals surface area contributed by atoms with Crippen molar-refractivity contribution in [2.75, 3.05) is 76.0 Å². The third-order valence-electron chi connectivity index (χ3n) is 12.1. The summed E-state index contributed by atoms with van der Waals surface area (Å²) < 4.78 is 23.7. The molecule has 1 fully saturated rings. The van der Waals surface area contributed by atoms with Crippen molar-refractivity contribution in [1.29, 1.82) is 0 Å². The Labute approximate surface area is 347 Å². The van der Waals surface area contributed by atoms with E-state index in [0.717, 1.165) is 73.5 Å². The largest absolute Gasteiger partial charge is 0.704 e. The number of amidine groups is 1. The van der Waals surface area contributed by atoms with Crippen LogP contribution in [0.1, 0.15) is 134 Å². The molecule has 0 amide bonds. The van der Waals surface area contributed by atoms with E-state index in [4.69, 9.17) is 9.47 Å². The first-order valence-electron chi connectivity index (χ1n) is 21.4. The van der Waals surface area contributed by atoms with Crippen molar-refractivity contribution < 1.29 is 27.8 Å². The molecule has 1 spiro atoms. The van der Waals surface area contributed by atoms with Crippen LogP contribution in [0.4, 0.5) is 0 Å². The number of guanidine groups is 1. The zero-order chi connectivity index (χ0) is 42.6. The number of hydrogen-bond acceptors (Lipinski definition) is 2. The minimum absolute atomic E-state index is 0.0126. The van der Waals surface area contributed by atoms with Gasteiger partial charge >= 0.3 is 12.0 Å². The van der Waals surface area contributed by atoms with Gasteiger partial charge in [-0.3, -0.25) is 23.9 Å². The second-order valence-corrected chi connectivity index (χ2v) is 20.8. The first kappa shape index (κ1) is 44.2. The lowest BCUT2D eigenvalue weighted by molar-refractivity contribution is -0.867. The monoisotopic (exact) mass is 786 g/mol. The van der Waals surface area contributed by atoms with E-state index in [1.807, 2.05) is 0 Å². The lowest BCUT2D eigenvalue weighted by Gasteiger charge is -2.33. The number of rotatable bonds is 10. The molecule has 2 aromatic carbocycles. The van der Waals surface area contributed by atoms with Crippen LogP contribution in [0.15, 0.2) is 24.3 Å². The highest BCUT2D eigenvalue weighted by atomic mass is 16.7. The molecule has 314 valence electrons. The number of aryl methyl sites for hydroxylation is 1. The number of benzene rings is 2. The maximum atomic E-state index is 7.30. The molecule has 2 aromatic rings. The van der Waals surface area contributed by atoms with E-state index in [-0.39, 0.29) is 16.4 Å². The smallest absolute Gasteiger partial charge is 0.340 e. The van der Waals surface area contributed by atoms with E-state index in [1.54, 1.807) is 0 Å². The highest BCUT2D eigenvalue weighted by molar-refractivity contribution is 5.85. The van der Waals surface area contributed by atoms with Gasteiger partial charge in [0.15, 0.2) is 23.9 Å². The van der Waals surface area contributed by atoms with E-state index in [0.29, 0.717) is 11.8 Å². The number of fused-ring (bicyclic) bond motifs is 2. The van der Waals surface area contributed by atoms with Crippen molar-refractivity contribution >= 4 is 24.2 Å². The Morgan fingerprint density at radius 1 is 0.772 bits per heavy atom. The van der Waals surface area contributed by atoms with Crippen LogP contribution in [0.25, 0.3) is 0 Å². The molecule has 5 rings (SSSR count). The Kier molecular flexibility index (Phi) is 12.5. The summed E-state index contributed by atoms with van der Waals surface area (Å²) in [5.74, 6) is 5.33. The molecule has 0 aromatic heterocycles. The summed E-state index contributed by atoms with van der Waals surface area (Å²) in [5.41, 5.74) is 7.01. The molecule has 0 bridgehead atoms. The quantitative estimate of drug-likeness (QED) is 0.143. The van der Waals surface area contributed by atoms with Gasteiger partial charge in [0.25, 0.3) is 0 Å². The van der Waals surface area contributed by atoms with Gasteiger partial charge in [-0.25, -0.2) is 0 Å². The molecule has 9 heteroatoms. The minimum Gasteiger partial charge on any atom is -0.340 e. The molecule has 3 aliphatic heterocycles. The van der Waals surface area contributed by atoms with Crippen molar-refractivity contribution in [3.63, 3.8) is 0 Å². The molecular weight excluding hydrogens is 707 g/mol. The van der Waals surface area contributed by atoms with Gasteiger partial charge in [-0.1, -0.05) is 76.7 Å². The Morgan fingerprint density at radius 3 is 1.88 bits per heavy atom. The predicted octanol–water partition coefficient (Wildman–Crippen LogP) is 7.37. The first-order valence-corrected chi connectivity index (χ1v) is 21.4. The second-order valence-electron chi connectivity index (χ2n) is 20.8. The number of hydrogen-bond donors (Lipinski definition) is 0. The van der Waals surface area contributed by atoms with Crippen molar-refractivity contribution in [2.45, 2.75) is 130 Å².